The summed E-state index contributed by atoms with van der Waals surface area (Å²) in [6.07, 6.45) is 0.852. The Morgan fingerprint density at radius 2 is 1.94 bits per heavy atom. The number of hydrogen-bond donors (Lipinski definition) is 0. The first-order valence-corrected chi connectivity index (χ1v) is 16.7. The van der Waals surface area contributed by atoms with Gasteiger partial charge in [0.15, 0.2) is 0 Å². The number of benzene rings is 1. The van der Waals surface area contributed by atoms with Gasteiger partial charge in [-0.25, -0.2) is 0 Å². The molecular formula is C24H35IN2O2SeSi. The molecule has 2 aliphatic heterocycles. The van der Waals surface area contributed by atoms with Crippen LogP contribution in [-0.2, 0) is 9.22 Å². The van der Waals surface area contributed by atoms with Crippen molar-refractivity contribution in [2.45, 2.75) is 82.6 Å². The van der Waals surface area contributed by atoms with Crippen LogP contribution in [0.5, 0.6) is 0 Å². The van der Waals surface area contributed by atoms with E-state index in [-0.39, 0.29) is 48.3 Å². The van der Waals surface area contributed by atoms with E-state index in [1.54, 1.807) is 0 Å². The quantitative estimate of drug-likeness (QED) is 0.209. The molecular weight excluding hydrogens is 582 g/mol. The van der Waals surface area contributed by atoms with E-state index in [9.17, 15) is 4.79 Å². The number of aryl methyl sites for hydroxylation is 1. The monoisotopic (exact) mass is 618 g/mol. The Morgan fingerprint density at radius 3 is 2.42 bits per heavy atom. The van der Waals surface area contributed by atoms with E-state index in [2.05, 4.69) is 95.9 Å². The number of nitrogens with zero attached hydrogens (tertiary/aromatic N) is 2. The van der Waals surface area contributed by atoms with Crippen molar-refractivity contribution in [3.05, 3.63) is 40.0 Å². The molecule has 31 heavy (non-hydrogen) atoms. The van der Waals surface area contributed by atoms with E-state index in [1.165, 1.54) is 5.56 Å². The second-order valence-corrected chi connectivity index (χ2v) is 19.0. The summed E-state index contributed by atoms with van der Waals surface area (Å²) in [5.74, 6) is 0.0325. The first-order chi connectivity index (χ1) is 14.2. The Hall–Kier alpha value is -0.474. The summed E-state index contributed by atoms with van der Waals surface area (Å²) in [5, 5.41) is 0.111. The predicted octanol–water partition coefficient (Wildman–Crippen LogP) is 6.46. The molecule has 2 aliphatic rings. The number of rotatable bonds is 6. The van der Waals surface area contributed by atoms with Gasteiger partial charge in [0.2, 0.25) is 0 Å². The second kappa shape index (κ2) is 8.71. The van der Waals surface area contributed by atoms with E-state index in [4.69, 9.17) is 9.42 Å². The van der Waals surface area contributed by atoms with Gasteiger partial charge in [-0.1, -0.05) is 0 Å². The number of β-lactam (4-membered cyclic amide) rings is 1. The average Bonchev–Trinajstić information content (AvgIpc) is 2.92. The van der Waals surface area contributed by atoms with Gasteiger partial charge < -0.3 is 0 Å². The van der Waals surface area contributed by atoms with Crippen molar-refractivity contribution in [1.29, 1.82) is 0 Å². The average molecular weight is 618 g/mol. The standard InChI is InChI=1S/C24H35IN2O2SeSi/c1-10-24(17(4)25)20-19(16(3)29-31(8,9)23(5,6)7)21(28)27(20)22(30-24)26-18-13-11-15(2)12-14-18/h11-14,16,19-20H,4,10H2,1-3,5-9H3/t16-,19-,20+,24?/m1/s1. The zero-order valence-corrected chi connectivity index (χ0v) is 24.8. The number of hydrogen-bond acceptors (Lipinski definition) is 3. The Bertz CT molecular complexity index is 909. The molecule has 4 atom stereocenters. The van der Waals surface area contributed by atoms with Crippen LogP contribution >= 0.6 is 22.6 Å². The summed E-state index contributed by atoms with van der Waals surface area (Å²) < 4.78 is 8.66. The summed E-state index contributed by atoms with van der Waals surface area (Å²) in [5.41, 5.74) is 2.12. The maximum atomic E-state index is 13.5. The molecule has 0 aromatic heterocycles. The van der Waals surface area contributed by atoms with Gasteiger partial charge in [0.05, 0.1) is 0 Å². The van der Waals surface area contributed by atoms with E-state index in [0.29, 0.717) is 0 Å². The van der Waals surface area contributed by atoms with Crippen molar-refractivity contribution in [2.75, 3.05) is 0 Å². The van der Waals surface area contributed by atoms with E-state index in [1.807, 2.05) is 17.0 Å². The molecule has 4 nitrogen and oxygen atoms in total. The molecule has 1 aromatic carbocycles. The molecule has 1 amide bonds. The molecule has 7 heteroatoms. The number of aliphatic imine (C=N–C) groups is 1. The molecule has 0 spiro atoms. The van der Waals surface area contributed by atoms with E-state index in [0.717, 1.165) is 20.4 Å². The van der Waals surface area contributed by atoms with Crippen LogP contribution in [0.3, 0.4) is 0 Å². The maximum absolute atomic E-state index is 13.5. The second-order valence-electron chi connectivity index (χ2n) is 10.2. The minimum atomic E-state index is -1.97. The van der Waals surface area contributed by atoms with Crippen LogP contribution in [0.15, 0.2) is 39.4 Å². The fourth-order valence-electron chi connectivity index (χ4n) is 4.16. The normalized spacial score (nSPS) is 28.5. The molecule has 0 radical (unpaired) electrons. The van der Waals surface area contributed by atoms with Gasteiger partial charge in [0.1, 0.15) is 0 Å². The Kier molecular flexibility index (Phi) is 7.07. The molecule has 0 bridgehead atoms. The number of amides is 1. The fourth-order valence-corrected chi connectivity index (χ4v) is 9.82. The van der Waals surface area contributed by atoms with Crippen LogP contribution in [0, 0.1) is 12.8 Å². The summed E-state index contributed by atoms with van der Waals surface area (Å²) in [6, 6.07) is 8.29. The zero-order chi connectivity index (χ0) is 23.4. The van der Waals surface area contributed by atoms with E-state index >= 15 is 0 Å². The number of fused-ring (bicyclic) bond motifs is 1. The first kappa shape index (κ1) is 25.2. The van der Waals surface area contributed by atoms with Crippen LogP contribution < -0.4 is 0 Å². The van der Waals surface area contributed by atoms with E-state index < -0.39 is 8.32 Å². The predicted molar refractivity (Wildman–Crippen MR) is 142 cm³/mol. The third-order valence-corrected chi connectivity index (χ3v) is 16.9. The van der Waals surface area contributed by atoms with Gasteiger partial charge in [0.25, 0.3) is 0 Å². The SMILES string of the molecule is C=C(I)C1(CC)[Se]C(=Nc2ccc(C)cc2)N2C(=O)[C@H]([C@@H](C)O[Si](C)(C)C(C)(C)C)[C@H]21. The van der Waals surface area contributed by atoms with Gasteiger partial charge in [-0.3, -0.25) is 0 Å². The van der Waals surface area contributed by atoms with Crippen LogP contribution in [0.25, 0.3) is 0 Å². The van der Waals surface area contributed by atoms with Gasteiger partial charge in [-0.2, -0.15) is 0 Å². The van der Waals surface area contributed by atoms with Crippen molar-refractivity contribution in [3.63, 3.8) is 0 Å². The van der Waals surface area contributed by atoms with Gasteiger partial charge in [-0.05, 0) is 0 Å². The summed E-state index contributed by atoms with van der Waals surface area (Å²) in [7, 11) is -1.97. The number of carbonyl (C=O) groups excluding carboxylic acids is 1. The molecule has 170 valence electrons. The van der Waals surface area contributed by atoms with Crippen molar-refractivity contribution >= 4 is 62.2 Å². The molecule has 0 saturated carbocycles. The third kappa shape index (κ3) is 4.37. The summed E-state index contributed by atoms with van der Waals surface area (Å²) in [6.45, 7) is 22.0. The van der Waals surface area contributed by atoms with Crippen molar-refractivity contribution in [2.24, 2.45) is 10.9 Å². The van der Waals surface area contributed by atoms with Crippen molar-refractivity contribution < 1.29 is 9.22 Å². The number of carbonyl (C=O) groups is 1. The van der Waals surface area contributed by atoms with Crippen molar-refractivity contribution in [3.8, 4) is 0 Å². The van der Waals surface area contributed by atoms with Crippen molar-refractivity contribution in [1.82, 2.24) is 4.90 Å². The van der Waals surface area contributed by atoms with Gasteiger partial charge in [-0.15, -0.1) is 0 Å². The summed E-state index contributed by atoms with van der Waals surface area (Å²) in [4.78, 5) is 20.4. The van der Waals surface area contributed by atoms with Crippen LogP contribution in [0.2, 0.25) is 22.4 Å². The molecule has 1 aromatic rings. The summed E-state index contributed by atoms with van der Waals surface area (Å²) >= 11 is 2.42. The molecule has 2 saturated heterocycles. The molecule has 3 rings (SSSR count). The number of halogens is 1. The van der Waals surface area contributed by atoms with Gasteiger partial charge in [0, 0.05) is 0 Å². The van der Waals surface area contributed by atoms with Gasteiger partial charge >= 0.3 is 210 Å². The molecule has 2 heterocycles. The van der Waals surface area contributed by atoms with Crippen LogP contribution in [0.4, 0.5) is 5.69 Å². The first-order valence-electron chi connectivity index (χ1n) is 11.0. The zero-order valence-electron chi connectivity index (χ0n) is 20.0. The topological polar surface area (TPSA) is 41.9 Å². The third-order valence-electron chi connectivity index (χ3n) is 7.13. The fraction of sp³-hybridized carbons (Fsp3) is 0.583. The van der Waals surface area contributed by atoms with Crippen LogP contribution in [0.1, 0.15) is 46.6 Å². The molecule has 0 N–H and O–H groups in total. The minimum absolute atomic E-state index is 0.0384. The molecule has 1 unspecified atom stereocenters. The Morgan fingerprint density at radius 1 is 1.35 bits per heavy atom. The Balaban J connectivity index is 1.96. The molecule has 2 fully saturated rings. The van der Waals surface area contributed by atoms with Crippen LogP contribution in [-0.4, -0.2) is 51.0 Å². The Labute approximate surface area is 208 Å². The number of amidine groups is 1. The molecule has 0 aliphatic carbocycles.